The van der Waals surface area contributed by atoms with Crippen LogP contribution < -0.4 is 4.74 Å². The van der Waals surface area contributed by atoms with Crippen LogP contribution in [0.4, 0.5) is 0 Å². The van der Waals surface area contributed by atoms with Gasteiger partial charge in [-0.25, -0.2) is 4.98 Å². The minimum absolute atomic E-state index is 0.523. The largest absolute Gasteiger partial charge is 0.481 e. The maximum atomic E-state index is 11.3. The van der Waals surface area contributed by atoms with Crippen LogP contribution in [0, 0.1) is 0 Å². The van der Waals surface area contributed by atoms with E-state index in [4.69, 9.17) is 4.74 Å². The van der Waals surface area contributed by atoms with Gasteiger partial charge in [-0.05, 0) is 32.0 Å². The third-order valence-electron chi connectivity index (χ3n) is 2.87. The second-order valence-electron chi connectivity index (χ2n) is 4.86. The highest BCUT2D eigenvalue weighted by molar-refractivity contribution is 8.01. The molecule has 5 nitrogen and oxygen atoms in total. The van der Waals surface area contributed by atoms with Crippen LogP contribution >= 0.6 is 11.8 Å². The summed E-state index contributed by atoms with van der Waals surface area (Å²) < 4.78 is 4.10. The molecule has 0 aliphatic carbocycles. The van der Waals surface area contributed by atoms with Gasteiger partial charge in [0.25, 0.3) is 0 Å². The summed E-state index contributed by atoms with van der Waals surface area (Å²) in [6, 6.07) is 7.26. The van der Waals surface area contributed by atoms with Gasteiger partial charge >= 0.3 is 5.97 Å². The number of aromatic nitrogens is 2. The highest BCUT2D eigenvalue weighted by Crippen LogP contribution is 2.37. The first kappa shape index (κ1) is 15.3. The van der Waals surface area contributed by atoms with Crippen molar-refractivity contribution in [2.45, 2.75) is 23.5 Å². The zero-order chi connectivity index (χ0) is 15.5. The highest BCUT2D eigenvalue weighted by atomic mass is 32.2. The quantitative estimate of drug-likeness (QED) is 0.856. The molecule has 0 aromatic carbocycles. The monoisotopic (exact) mass is 304 g/mol. The molecule has 0 saturated carbocycles. The molecule has 21 heavy (non-hydrogen) atoms. The number of carboxylic acid groups (broad SMARTS) is 1. The maximum Gasteiger partial charge on any atom is 0.319 e. The van der Waals surface area contributed by atoms with E-state index in [-0.39, 0.29) is 0 Å². The van der Waals surface area contributed by atoms with Gasteiger partial charge in [-0.15, -0.1) is 11.8 Å². The van der Waals surface area contributed by atoms with Crippen molar-refractivity contribution in [3.8, 4) is 17.1 Å². The molecule has 0 radical (unpaired) electrons. The minimum atomic E-state index is -0.933. The molecule has 0 saturated heterocycles. The molecule has 0 fully saturated rings. The molecule has 2 rings (SSSR count). The molecule has 0 aliphatic heterocycles. The van der Waals surface area contributed by atoms with Crippen molar-refractivity contribution in [3.05, 3.63) is 36.7 Å². The van der Waals surface area contributed by atoms with Gasteiger partial charge in [-0.3, -0.25) is 9.78 Å². The first-order valence-electron chi connectivity index (χ1n) is 6.32. The lowest BCUT2D eigenvalue weighted by atomic mass is 10.2. The fourth-order valence-corrected chi connectivity index (χ4v) is 2.70. The Morgan fingerprint density at radius 3 is 2.62 bits per heavy atom. The average molecular weight is 304 g/mol. The summed E-state index contributed by atoms with van der Waals surface area (Å²) in [6.45, 7) is 3.34. The number of carbonyl (C=O) groups is 1. The summed E-state index contributed by atoms with van der Waals surface area (Å²) >= 11 is 1.26. The van der Waals surface area contributed by atoms with Crippen LogP contribution in [0.1, 0.15) is 13.8 Å². The van der Waals surface area contributed by atoms with Crippen molar-refractivity contribution in [2.75, 3.05) is 7.11 Å². The molecule has 0 bridgehead atoms. The Labute approximate surface area is 127 Å². The molecule has 2 aromatic rings. The van der Waals surface area contributed by atoms with Crippen molar-refractivity contribution in [1.29, 1.82) is 0 Å². The summed E-state index contributed by atoms with van der Waals surface area (Å²) in [5, 5.41) is 9.26. The summed E-state index contributed by atoms with van der Waals surface area (Å²) in [5.41, 5.74) is 1.53. The van der Waals surface area contributed by atoms with E-state index in [1.807, 2.05) is 12.1 Å². The van der Waals surface area contributed by atoms with Gasteiger partial charge in [0.15, 0.2) is 0 Å². The summed E-state index contributed by atoms with van der Waals surface area (Å²) in [5.74, 6) is -0.343. The van der Waals surface area contributed by atoms with Crippen molar-refractivity contribution in [3.63, 3.8) is 0 Å². The van der Waals surface area contributed by atoms with Gasteiger partial charge in [0, 0.05) is 28.9 Å². The Balaban J connectivity index is 2.38. The third-order valence-corrected chi connectivity index (χ3v) is 4.10. The molecular weight excluding hydrogens is 288 g/mol. The number of nitrogens with zero attached hydrogens (tertiary/aromatic N) is 2. The molecule has 0 unspecified atom stereocenters. The molecule has 6 heteroatoms. The number of methoxy groups -OCH3 is 1. The number of hydrogen-bond acceptors (Lipinski definition) is 5. The second-order valence-corrected chi connectivity index (χ2v) is 6.52. The fourth-order valence-electron chi connectivity index (χ4n) is 1.65. The van der Waals surface area contributed by atoms with E-state index in [9.17, 15) is 9.90 Å². The number of pyridine rings is 2. The van der Waals surface area contributed by atoms with E-state index in [2.05, 4.69) is 9.97 Å². The van der Waals surface area contributed by atoms with E-state index < -0.39 is 10.7 Å². The van der Waals surface area contributed by atoms with E-state index in [1.165, 1.54) is 11.8 Å². The molecule has 2 heterocycles. The van der Waals surface area contributed by atoms with Gasteiger partial charge in [0.2, 0.25) is 5.88 Å². The SMILES string of the molecule is COc1ccc(-c2ncccc2SC(C)(C)C(=O)O)cn1. The van der Waals surface area contributed by atoms with Crippen LogP contribution in [0.5, 0.6) is 5.88 Å². The van der Waals surface area contributed by atoms with Gasteiger partial charge < -0.3 is 9.84 Å². The molecular formula is C15H16N2O3S. The zero-order valence-corrected chi connectivity index (χ0v) is 12.8. The first-order chi connectivity index (χ1) is 9.94. The van der Waals surface area contributed by atoms with E-state index in [1.54, 1.807) is 45.5 Å². The molecule has 0 aliphatic rings. The van der Waals surface area contributed by atoms with Crippen LogP contribution in [-0.4, -0.2) is 32.9 Å². The predicted molar refractivity (Wildman–Crippen MR) is 81.6 cm³/mol. The Hall–Kier alpha value is -2.08. The van der Waals surface area contributed by atoms with Crippen LogP contribution in [0.15, 0.2) is 41.6 Å². The minimum Gasteiger partial charge on any atom is -0.481 e. The van der Waals surface area contributed by atoms with Gasteiger partial charge in [0.1, 0.15) is 4.75 Å². The summed E-state index contributed by atoms with van der Waals surface area (Å²) in [7, 11) is 1.55. The van der Waals surface area contributed by atoms with Crippen LogP contribution in [0.3, 0.4) is 0 Å². The molecule has 2 aromatic heterocycles. The van der Waals surface area contributed by atoms with Gasteiger partial charge in [-0.1, -0.05) is 0 Å². The fraction of sp³-hybridized carbons (Fsp3) is 0.267. The van der Waals surface area contributed by atoms with E-state index >= 15 is 0 Å². The lowest BCUT2D eigenvalue weighted by Gasteiger charge is -2.19. The van der Waals surface area contributed by atoms with Crippen LogP contribution in [0.2, 0.25) is 0 Å². The Morgan fingerprint density at radius 2 is 2.05 bits per heavy atom. The molecule has 0 spiro atoms. The lowest BCUT2D eigenvalue weighted by Crippen LogP contribution is -2.27. The predicted octanol–water partition coefficient (Wildman–Crippen LogP) is 3.11. The Bertz CT molecular complexity index is 642. The Morgan fingerprint density at radius 1 is 1.29 bits per heavy atom. The normalized spacial score (nSPS) is 11.2. The van der Waals surface area contributed by atoms with Crippen molar-refractivity contribution in [2.24, 2.45) is 0 Å². The van der Waals surface area contributed by atoms with Crippen molar-refractivity contribution >= 4 is 17.7 Å². The molecule has 110 valence electrons. The third kappa shape index (κ3) is 3.52. The number of ether oxygens (including phenoxy) is 1. The topological polar surface area (TPSA) is 72.3 Å². The van der Waals surface area contributed by atoms with Gasteiger partial charge in [-0.2, -0.15) is 0 Å². The van der Waals surface area contributed by atoms with E-state index in [0.717, 1.165) is 10.5 Å². The lowest BCUT2D eigenvalue weighted by molar-refractivity contribution is -0.138. The molecule has 0 atom stereocenters. The number of hydrogen-bond donors (Lipinski definition) is 1. The summed E-state index contributed by atoms with van der Waals surface area (Å²) in [6.07, 6.45) is 3.34. The number of rotatable bonds is 5. The first-order valence-corrected chi connectivity index (χ1v) is 7.13. The van der Waals surface area contributed by atoms with E-state index in [0.29, 0.717) is 11.6 Å². The standard InChI is InChI=1S/C15H16N2O3S/c1-15(2,14(18)19)21-11-5-4-8-16-13(11)10-6-7-12(20-3)17-9-10/h4-9H,1-3H3,(H,18,19). The molecule has 1 N–H and O–H groups in total. The zero-order valence-electron chi connectivity index (χ0n) is 12.0. The van der Waals surface area contributed by atoms with Crippen LogP contribution in [0.25, 0.3) is 11.3 Å². The molecule has 0 amide bonds. The second kappa shape index (κ2) is 6.13. The maximum absolute atomic E-state index is 11.3. The summed E-state index contributed by atoms with van der Waals surface area (Å²) in [4.78, 5) is 20.6. The number of carboxylic acids is 1. The number of aliphatic carboxylic acids is 1. The van der Waals surface area contributed by atoms with Crippen molar-refractivity contribution in [1.82, 2.24) is 9.97 Å². The smallest absolute Gasteiger partial charge is 0.319 e. The average Bonchev–Trinajstić information content (AvgIpc) is 2.47. The van der Waals surface area contributed by atoms with Crippen molar-refractivity contribution < 1.29 is 14.6 Å². The van der Waals surface area contributed by atoms with Gasteiger partial charge in [0.05, 0.1) is 12.8 Å². The highest BCUT2D eigenvalue weighted by Gasteiger charge is 2.29. The Kier molecular flexibility index (Phi) is 4.47. The van der Waals surface area contributed by atoms with Crippen LogP contribution in [-0.2, 0) is 4.79 Å². The number of thioether (sulfide) groups is 1.